The summed E-state index contributed by atoms with van der Waals surface area (Å²) in [7, 11) is 0. The third-order valence-electron chi connectivity index (χ3n) is 4.53. The number of hydrogen-bond acceptors (Lipinski definition) is 2. The molecule has 0 saturated carbocycles. The van der Waals surface area contributed by atoms with E-state index < -0.39 is 0 Å². The van der Waals surface area contributed by atoms with Crippen LogP contribution in [0.4, 0.5) is 16.2 Å². The zero-order valence-electron chi connectivity index (χ0n) is 16.2. The first-order valence-electron chi connectivity index (χ1n) is 9.33. The molecule has 1 aliphatic heterocycles. The molecule has 0 fully saturated rings. The molecule has 5 heteroatoms. The van der Waals surface area contributed by atoms with Crippen LogP contribution in [0.25, 0.3) is 0 Å². The van der Waals surface area contributed by atoms with Crippen LogP contribution in [-0.4, -0.2) is 23.4 Å². The highest BCUT2D eigenvalue weighted by atomic mass is 16.2. The Balaban J connectivity index is 1.55. The Morgan fingerprint density at radius 3 is 2.15 bits per heavy atom. The summed E-state index contributed by atoms with van der Waals surface area (Å²) < 4.78 is 0. The van der Waals surface area contributed by atoms with Crippen molar-refractivity contribution < 1.29 is 9.59 Å². The van der Waals surface area contributed by atoms with Crippen molar-refractivity contribution in [2.75, 3.05) is 17.2 Å². The highest BCUT2D eigenvalue weighted by Gasteiger charge is 2.20. The number of carbonyl (C=O) groups is 2. The van der Waals surface area contributed by atoms with Crippen LogP contribution >= 0.6 is 0 Å². The first-order valence-corrected chi connectivity index (χ1v) is 9.33. The smallest absolute Gasteiger partial charge is 0.322 e. The van der Waals surface area contributed by atoms with E-state index in [0.29, 0.717) is 25.2 Å². The molecule has 2 aromatic carbocycles. The first-order chi connectivity index (χ1) is 12.8. The van der Waals surface area contributed by atoms with E-state index in [0.717, 1.165) is 12.1 Å². The van der Waals surface area contributed by atoms with Gasteiger partial charge in [-0.3, -0.25) is 4.79 Å². The minimum absolute atomic E-state index is 0.00809. The van der Waals surface area contributed by atoms with Crippen molar-refractivity contribution in [3.63, 3.8) is 0 Å². The number of benzene rings is 2. The van der Waals surface area contributed by atoms with Crippen molar-refractivity contribution in [3.8, 4) is 0 Å². The maximum absolute atomic E-state index is 12.5. The van der Waals surface area contributed by atoms with Gasteiger partial charge in [-0.2, -0.15) is 0 Å². The maximum Gasteiger partial charge on any atom is 0.322 e. The number of rotatable bonds is 3. The summed E-state index contributed by atoms with van der Waals surface area (Å²) in [6.45, 7) is 7.44. The highest BCUT2D eigenvalue weighted by Crippen LogP contribution is 2.22. The molecule has 2 aromatic rings. The fourth-order valence-corrected chi connectivity index (χ4v) is 3.20. The van der Waals surface area contributed by atoms with Gasteiger partial charge in [0.25, 0.3) is 0 Å². The molecule has 3 amide bonds. The lowest BCUT2D eigenvalue weighted by Crippen LogP contribution is -2.38. The van der Waals surface area contributed by atoms with E-state index in [1.54, 1.807) is 0 Å². The van der Waals surface area contributed by atoms with E-state index in [4.69, 9.17) is 0 Å². The molecule has 0 unspecified atom stereocenters. The molecule has 27 heavy (non-hydrogen) atoms. The average molecular weight is 365 g/mol. The number of carbonyl (C=O) groups excluding carboxylic acids is 2. The minimum Gasteiger partial charge on any atom is -0.326 e. The summed E-state index contributed by atoms with van der Waals surface area (Å²) in [5, 5.41) is 5.83. The van der Waals surface area contributed by atoms with Gasteiger partial charge in [-0.05, 0) is 47.2 Å². The summed E-state index contributed by atoms with van der Waals surface area (Å²) in [6, 6.07) is 15.4. The van der Waals surface area contributed by atoms with Gasteiger partial charge in [-0.25, -0.2) is 4.79 Å². The molecule has 0 spiro atoms. The maximum atomic E-state index is 12.5. The quantitative estimate of drug-likeness (QED) is 0.831. The van der Waals surface area contributed by atoms with Crippen LogP contribution in [0.2, 0.25) is 0 Å². The number of amides is 3. The molecule has 3 rings (SSSR count). The van der Waals surface area contributed by atoms with Crippen LogP contribution in [0, 0.1) is 5.41 Å². The van der Waals surface area contributed by atoms with Crippen molar-refractivity contribution in [2.24, 2.45) is 5.41 Å². The Bertz CT molecular complexity index is 822. The topological polar surface area (TPSA) is 61.4 Å². The Morgan fingerprint density at radius 2 is 1.52 bits per heavy atom. The second-order valence-corrected chi connectivity index (χ2v) is 8.23. The van der Waals surface area contributed by atoms with Crippen LogP contribution in [0.15, 0.2) is 48.5 Å². The minimum atomic E-state index is -0.103. The molecule has 0 aromatic heterocycles. The van der Waals surface area contributed by atoms with Gasteiger partial charge < -0.3 is 15.5 Å². The lowest BCUT2D eigenvalue weighted by Gasteiger charge is -2.29. The van der Waals surface area contributed by atoms with E-state index in [1.807, 2.05) is 62.1 Å². The lowest BCUT2D eigenvalue weighted by atomic mass is 9.92. The molecular weight excluding hydrogens is 338 g/mol. The van der Waals surface area contributed by atoms with Crippen molar-refractivity contribution in [3.05, 3.63) is 59.7 Å². The van der Waals surface area contributed by atoms with Crippen LogP contribution in [0.5, 0.6) is 0 Å². The average Bonchev–Trinajstić information content (AvgIpc) is 2.61. The number of fused-ring (bicyclic) bond motifs is 1. The molecule has 1 aliphatic rings. The summed E-state index contributed by atoms with van der Waals surface area (Å²) in [4.78, 5) is 26.4. The fraction of sp³-hybridized carbons (Fsp3) is 0.364. The van der Waals surface area contributed by atoms with Gasteiger partial charge in [-0.1, -0.05) is 45.0 Å². The zero-order chi connectivity index (χ0) is 19.4. The SMILES string of the molecule is CC(C)(C)CC(=O)Nc1ccc(NC(=O)N2CCc3ccccc3C2)cc1. The summed E-state index contributed by atoms with van der Waals surface area (Å²) in [5.74, 6) is -0.00809. The van der Waals surface area contributed by atoms with Gasteiger partial charge in [0.05, 0.1) is 0 Å². The first kappa shape index (κ1) is 19.0. The Hall–Kier alpha value is -2.82. The summed E-state index contributed by atoms with van der Waals surface area (Å²) >= 11 is 0. The van der Waals surface area contributed by atoms with Gasteiger partial charge in [-0.15, -0.1) is 0 Å². The molecule has 0 radical (unpaired) electrons. The van der Waals surface area contributed by atoms with E-state index in [-0.39, 0.29) is 17.4 Å². The molecule has 0 atom stereocenters. The number of hydrogen-bond donors (Lipinski definition) is 2. The molecule has 2 N–H and O–H groups in total. The number of anilines is 2. The lowest BCUT2D eigenvalue weighted by molar-refractivity contribution is -0.117. The predicted octanol–water partition coefficient (Wildman–Crippen LogP) is 4.65. The van der Waals surface area contributed by atoms with Gasteiger partial charge >= 0.3 is 6.03 Å². The number of nitrogens with one attached hydrogen (secondary N) is 2. The van der Waals surface area contributed by atoms with Crippen LogP contribution in [0.3, 0.4) is 0 Å². The zero-order valence-corrected chi connectivity index (χ0v) is 16.2. The van der Waals surface area contributed by atoms with E-state index in [1.165, 1.54) is 11.1 Å². The van der Waals surface area contributed by atoms with Gasteiger partial charge in [0.1, 0.15) is 0 Å². The second-order valence-electron chi connectivity index (χ2n) is 8.23. The third-order valence-corrected chi connectivity index (χ3v) is 4.53. The monoisotopic (exact) mass is 365 g/mol. The van der Waals surface area contributed by atoms with Crippen molar-refractivity contribution in [1.29, 1.82) is 0 Å². The Morgan fingerprint density at radius 1 is 0.926 bits per heavy atom. The van der Waals surface area contributed by atoms with Gasteiger partial charge in [0, 0.05) is 30.9 Å². The normalized spacial score (nSPS) is 13.7. The molecule has 0 saturated heterocycles. The van der Waals surface area contributed by atoms with Crippen molar-refractivity contribution in [1.82, 2.24) is 4.90 Å². The summed E-state index contributed by atoms with van der Waals surface area (Å²) in [5.41, 5.74) is 3.92. The standard InChI is InChI=1S/C22H27N3O2/c1-22(2,3)14-20(26)23-18-8-10-19(11-9-18)24-21(27)25-13-12-16-6-4-5-7-17(16)15-25/h4-11H,12-15H2,1-3H3,(H,23,26)(H,24,27). The van der Waals surface area contributed by atoms with E-state index >= 15 is 0 Å². The van der Waals surface area contributed by atoms with Crippen LogP contribution < -0.4 is 10.6 Å². The number of urea groups is 1. The van der Waals surface area contributed by atoms with Crippen LogP contribution in [0.1, 0.15) is 38.3 Å². The van der Waals surface area contributed by atoms with Crippen molar-refractivity contribution >= 4 is 23.3 Å². The Kier molecular flexibility index (Phi) is 5.49. The molecule has 1 heterocycles. The molecule has 0 bridgehead atoms. The van der Waals surface area contributed by atoms with Crippen molar-refractivity contribution in [2.45, 2.75) is 40.2 Å². The highest BCUT2D eigenvalue weighted by molar-refractivity contribution is 5.92. The van der Waals surface area contributed by atoms with E-state index in [2.05, 4.69) is 22.8 Å². The molecule has 0 aliphatic carbocycles. The molecule has 5 nitrogen and oxygen atoms in total. The third kappa shape index (κ3) is 5.33. The predicted molar refractivity (Wildman–Crippen MR) is 109 cm³/mol. The number of nitrogens with zero attached hydrogens (tertiary/aromatic N) is 1. The van der Waals surface area contributed by atoms with Crippen LogP contribution in [-0.2, 0) is 17.8 Å². The largest absolute Gasteiger partial charge is 0.326 e. The second kappa shape index (κ2) is 7.82. The molecule has 142 valence electrons. The fourth-order valence-electron chi connectivity index (χ4n) is 3.20. The van der Waals surface area contributed by atoms with E-state index in [9.17, 15) is 9.59 Å². The summed E-state index contributed by atoms with van der Waals surface area (Å²) in [6.07, 6.45) is 1.34. The van der Waals surface area contributed by atoms with Gasteiger partial charge in [0.2, 0.25) is 5.91 Å². The molecular formula is C22H27N3O2. The van der Waals surface area contributed by atoms with Gasteiger partial charge in [0.15, 0.2) is 0 Å². The Labute approximate surface area is 160 Å².